The number of fused-ring (bicyclic) bond motifs is 1. The molecule has 0 radical (unpaired) electrons. The second kappa shape index (κ2) is 7.06. The number of alkyl halides is 3. The molecule has 0 saturated carbocycles. The Balaban J connectivity index is 1.65. The molecule has 2 heterocycles. The van der Waals surface area contributed by atoms with Crippen LogP contribution in [0.3, 0.4) is 0 Å². The summed E-state index contributed by atoms with van der Waals surface area (Å²) in [5.41, 5.74) is 2.97. The van der Waals surface area contributed by atoms with Crippen molar-refractivity contribution in [2.45, 2.75) is 6.18 Å². The summed E-state index contributed by atoms with van der Waals surface area (Å²) in [6.45, 7) is 1.52. The van der Waals surface area contributed by atoms with E-state index in [2.05, 4.69) is 10.3 Å². The number of benzene rings is 3. The molecular weight excluding hydrogens is 389 g/mol. The SMILES string of the molecule is FC(F)(F)c1cccc(-c2cccc3oc(-c4ccccc4C4=NCCN4)cc23)c1. The highest BCUT2D eigenvalue weighted by molar-refractivity contribution is 6.06. The van der Waals surface area contributed by atoms with E-state index in [1.54, 1.807) is 12.1 Å². The summed E-state index contributed by atoms with van der Waals surface area (Å²) in [5, 5.41) is 4.04. The van der Waals surface area contributed by atoms with E-state index in [1.165, 1.54) is 12.1 Å². The van der Waals surface area contributed by atoms with E-state index < -0.39 is 11.7 Å². The number of hydrogen-bond donors (Lipinski definition) is 1. The molecule has 0 bridgehead atoms. The standard InChI is InChI=1S/C24H17F3N2O/c25-24(26,27)16-6-3-5-15(13-16)17-9-4-10-21-20(17)14-22(30-21)18-7-1-2-8-19(18)23-28-11-12-29-23/h1-10,13-14H,11-12H2,(H,28,29). The third kappa shape index (κ3) is 3.24. The summed E-state index contributed by atoms with van der Waals surface area (Å²) in [6.07, 6.45) is -4.39. The van der Waals surface area contributed by atoms with Crippen molar-refractivity contribution in [3.8, 4) is 22.5 Å². The monoisotopic (exact) mass is 406 g/mol. The van der Waals surface area contributed by atoms with Crippen molar-refractivity contribution in [2.24, 2.45) is 4.99 Å². The Morgan fingerprint density at radius 3 is 2.37 bits per heavy atom. The minimum absolute atomic E-state index is 0.498. The highest BCUT2D eigenvalue weighted by atomic mass is 19.4. The van der Waals surface area contributed by atoms with E-state index in [9.17, 15) is 13.2 Å². The van der Waals surface area contributed by atoms with Gasteiger partial charge in [0, 0.05) is 23.1 Å². The summed E-state index contributed by atoms with van der Waals surface area (Å²) >= 11 is 0. The maximum Gasteiger partial charge on any atom is 0.416 e. The van der Waals surface area contributed by atoms with E-state index in [4.69, 9.17) is 4.42 Å². The number of rotatable bonds is 3. The van der Waals surface area contributed by atoms with Crippen LogP contribution in [0.5, 0.6) is 0 Å². The quantitative estimate of drug-likeness (QED) is 0.444. The minimum atomic E-state index is -4.39. The maximum atomic E-state index is 13.2. The van der Waals surface area contributed by atoms with Crippen LogP contribution in [-0.4, -0.2) is 18.9 Å². The normalized spacial score (nSPS) is 14.0. The van der Waals surface area contributed by atoms with Crippen LogP contribution in [0.1, 0.15) is 11.1 Å². The zero-order valence-corrected chi connectivity index (χ0v) is 15.8. The molecule has 5 rings (SSSR count). The lowest BCUT2D eigenvalue weighted by atomic mass is 9.98. The summed E-state index contributed by atoms with van der Waals surface area (Å²) in [4.78, 5) is 4.50. The fourth-order valence-electron chi connectivity index (χ4n) is 3.79. The predicted octanol–water partition coefficient (Wildman–Crippen LogP) is 6.14. The second-order valence-corrected chi connectivity index (χ2v) is 7.11. The van der Waals surface area contributed by atoms with Crippen LogP contribution in [0.4, 0.5) is 13.2 Å². The third-order valence-electron chi connectivity index (χ3n) is 5.18. The minimum Gasteiger partial charge on any atom is -0.456 e. The van der Waals surface area contributed by atoms with E-state index >= 15 is 0 Å². The first-order chi connectivity index (χ1) is 14.5. The van der Waals surface area contributed by atoms with Gasteiger partial charge in [-0.3, -0.25) is 4.99 Å². The van der Waals surface area contributed by atoms with Crippen molar-refractivity contribution >= 4 is 16.8 Å². The third-order valence-corrected chi connectivity index (χ3v) is 5.18. The number of amidine groups is 1. The van der Waals surface area contributed by atoms with Gasteiger partial charge in [-0.25, -0.2) is 0 Å². The molecule has 6 heteroatoms. The molecule has 150 valence electrons. The van der Waals surface area contributed by atoms with E-state index in [0.29, 0.717) is 22.5 Å². The lowest BCUT2D eigenvalue weighted by Gasteiger charge is -2.09. The highest BCUT2D eigenvalue weighted by Gasteiger charge is 2.30. The van der Waals surface area contributed by atoms with Gasteiger partial charge in [-0.1, -0.05) is 48.5 Å². The molecule has 3 aromatic carbocycles. The van der Waals surface area contributed by atoms with Gasteiger partial charge in [-0.05, 0) is 35.4 Å². The van der Waals surface area contributed by atoms with Gasteiger partial charge in [-0.15, -0.1) is 0 Å². The molecule has 3 nitrogen and oxygen atoms in total. The number of halogens is 3. The second-order valence-electron chi connectivity index (χ2n) is 7.11. The first kappa shape index (κ1) is 18.5. The van der Waals surface area contributed by atoms with Crippen LogP contribution in [-0.2, 0) is 6.18 Å². The zero-order chi connectivity index (χ0) is 20.7. The lowest BCUT2D eigenvalue weighted by molar-refractivity contribution is -0.137. The van der Waals surface area contributed by atoms with Gasteiger partial charge in [0.25, 0.3) is 0 Å². The lowest BCUT2D eigenvalue weighted by Crippen LogP contribution is -2.20. The Hall–Kier alpha value is -3.54. The fourth-order valence-corrected chi connectivity index (χ4v) is 3.79. The molecule has 0 aliphatic carbocycles. The molecule has 1 aromatic heterocycles. The first-order valence-electron chi connectivity index (χ1n) is 9.59. The van der Waals surface area contributed by atoms with Crippen molar-refractivity contribution in [3.63, 3.8) is 0 Å². The van der Waals surface area contributed by atoms with Crippen LogP contribution in [0.15, 0.2) is 82.2 Å². The molecule has 1 N–H and O–H groups in total. The predicted molar refractivity (Wildman–Crippen MR) is 111 cm³/mol. The molecule has 1 aliphatic heterocycles. The number of nitrogens with zero attached hydrogens (tertiary/aromatic N) is 1. The molecule has 0 fully saturated rings. The van der Waals surface area contributed by atoms with Gasteiger partial charge in [-0.2, -0.15) is 13.2 Å². The summed E-state index contributed by atoms with van der Waals surface area (Å²) < 4.78 is 45.6. The zero-order valence-electron chi connectivity index (χ0n) is 15.8. The van der Waals surface area contributed by atoms with Crippen molar-refractivity contribution in [3.05, 3.63) is 83.9 Å². The Morgan fingerprint density at radius 2 is 1.60 bits per heavy atom. The number of aliphatic imine (C=N–C) groups is 1. The number of hydrogen-bond acceptors (Lipinski definition) is 3. The van der Waals surface area contributed by atoms with Gasteiger partial charge in [0.15, 0.2) is 0 Å². The Morgan fingerprint density at radius 1 is 0.833 bits per heavy atom. The maximum absolute atomic E-state index is 13.2. The van der Waals surface area contributed by atoms with Crippen molar-refractivity contribution in [1.29, 1.82) is 0 Å². The van der Waals surface area contributed by atoms with E-state index in [-0.39, 0.29) is 0 Å². The Bertz CT molecular complexity index is 1270. The van der Waals surface area contributed by atoms with Gasteiger partial charge in [0.1, 0.15) is 17.2 Å². The van der Waals surface area contributed by atoms with Crippen LogP contribution < -0.4 is 5.32 Å². The van der Waals surface area contributed by atoms with E-state index in [1.807, 2.05) is 42.5 Å². The van der Waals surface area contributed by atoms with E-state index in [0.717, 1.165) is 41.5 Å². The summed E-state index contributed by atoms with van der Waals surface area (Å²) in [5.74, 6) is 1.47. The molecule has 1 aliphatic rings. The first-order valence-corrected chi connectivity index (χ1v) is 9.59. The van der Waals surface area contributed by atoms with Crippen LogP contribution in [0.2, 0.25) is 0 Å². The summed E-state index contributed by atoms with van der Waals surface area (Å²) in [7, 11) is 0. The van der Waals surface area contributed by atoms with Gasteiger partial charge in [0.05, 0.1) is 12.1 Å². The molecule has 0 saturated heterocycles. The number of furan rings is 1. The molecule has 0 amide bonds. The van der Waals surface area contributed by atoms with Crippen molar-refractivity contribution in [2.75, 3.05) is 13.1 Å². The molecule has 30 heavy (non-hydrogen) atoms. The summed E-state index contributed by atoms with van der Waals surface area (Å²) in [6, 6.07) is 20.5. The fraction of sp³-hybridized carbons (Fsp3) is 0.125. The molecule has 4 aromatic rings. The average Bonchev–Trinajstić information content (AvgIpc) is 3.43. The largest absolute Gasteiger partial charge is 0.456 e. The molecule has 0 atom stereocenters. The Kier molecular flexibility index (Phi) is 4.35. The number of nitrogens with one attached hydrogen (secondary N) is 1. The Labute approximate surface area is 170 Å². The van der Waals surface area contributed by atoms with Crippen LogP contribution >= 0.6 is 0 Å². The highest BCUT2D eigenvalue weighted by Crippen LogP contribution is 2.38. The molecular formula is C24H17F3N2O. The van der Waals surface area contributed by atoms with Gasteiger partial charge < -0.3 is 9.73 Å². The van der Waals surface area contributed by atoms with Gasteiger partial charge >= 0.3 is 6.18 Å². The molecule has 0 spiro atoms. The van der Waals surface area contributed by atoms with Gasteiger partial charge in [0.2, 0.25) is 0 Å². The van der Waals surface area contributed by atoms with Crippen LogP contribution in [0.25, 0.3) is 33.4 Å². The van der Waals surface area contributed by atoms with Crippen LogP contribution in [0, 0.1) is 0 Å². The molecule has 0 unspecified atom stereocenters. The average molecular weight is 406 g/mol. The van der Waals surface area contributed by atoms with Crippen molar-refractivity contribution in [1.82, 2.24) is 5.32 Å². The smallest absolute Gasteiger partial charge is 0.416 e. The van der Waals surface area contributed by atoms with Crippen molar-refractivity contribution < 1.29 is 17.6 Å². The topological polar surface area (TPSA) is 37.5 Å².